The second-order valence-electron chi connectivity index (χ2n) is 4.90. The molecule has 1 aliphatic carbocycles. The monoisotopic (exact) mass is 331 g/mol. The fourth-order valence-corrected chi connectivity index (χ4v) is 2.61. The molecule has 0 aliphatic heterocycles. The minimum Gasteiger partial charge on any atom is -0.389 e. The highest BCUT2D eigenvalue weighted by atomic mass is 79.9. The van der Waals surface area contributed by atoms with Crippen molar-refractivity contribution in [1.29, 1.82) is 0 Å². The molecule has 1 aromatic carbocycles. The molecule has 1 unspecified atom stereocenters. The first-order valence-electron chi connectivity index (χ1n) is 6.64. The zero-order valence-electron chi connectivity index (χ0n) is 10.7. The summed E-state index contributed by atoms with van der Waals surface area (Å²) >= 11 is 3.33. The third-order valence-corrected chi connectivity index (χ3v) is 3.97. The summed E-state index contributed by atoms with van der Waals surface area (Å²) in [6.45, 7) is 0.666. The van der Waals surface area contributed by atoms with E-state index in [-0.39, 0.29) is 5.82 Å². The molecule has 5 heteroatoms. The van der Waals surface area contributed by atoms with Crippen molar-refractivity contribution >= 4 is 21.6 Å². The van der Waals surface area contributed by atoms with Gasteiger partial charge in [0.1, 0.15) is 5.82 Å². The number of hydrogen-bond acceptors (Lipinski definition) is 3. The third-order valence-electron chi connectivity index (χ3n) is 3.28. The summed E-state index contributed by atoms with van der Waals surface area (Å²) in [4.78, 5) is 0. The van der Waals surface area contributed by atoms with Crippen LogP contribution in [0.4, 0.5) is 10.1 Å². The lowest BCUT2D eigenvalue weighted by molar-refractivity contribution is -0.00117. The van der Waals surface area contributed by atoms with Crippen LogP contribution < -0.4 is 5.32 Å². The van der Waals surface area contributed by atoms with Crippen molar-refractivity contribution in [1.82, 2.24) is 0 Å². The maximum Gasteiger partial charge on any atom is 0.125 e. The lowest BCUT2D eigenvalue weighted by Gasteiger charge is -2.17. The summed E-state index contributed by atoms with van der Waals surface area (Å²) in [5.74, 6) is -0.303. The van der Waals surface area contributed by atoms with E-state index in [0.29, 0.717) is 24.9 Å². The van der Waals surface area contributed by atoms with E-state index in [0.717, 1.165) is 17.3 Å². The maximum atomic E-state index is 13.1. The van der Waals surface area contributed by atoms with Gasteiger partial charge in [0.2, 0.25) is 0 Å². The number of ether oxygens (including phenoxy) is 1. The molecule has 1 aromatic rings. The molecule has 0 heterocycles. The summed E-state index contributed by atoms with van der Waals surface area (Å²) in [6.07, 6.45) is 4.33. The molecule has 0 aromatic heterocycles. The zero-order valence-corrected chi connectivity index (χ0v) is 12.3. The SMILES string of the molecule is OC(CNc1cc(F)ccc1Br)COC1CCCC1. The van der Waals surface area contributed by atoms with Gasteiger partial charge in [-0.15, -0.1) is 0 Å². The molecule has 1 fully saturated rings. The van der Waals surface area contributed by atoms with Crippen molar-refractivity contribution in [2.45, 2.75) is 37.9 Å². The first kappa shape index (κ1) is 14.8. The maximum absolute atomic E-state index is 13.1. The summed E-state index contributed by atoms with van der Waals surface area (Å²) in [5, 5.41) is 12.8. The van der Waals surface area contributed by atoms with Crippen molar-refractivity contribution in [3.05, 3.63) is 28.5 Å². The minimum absolute atomic E-state index is 0.301. The van der Waals surface area contributed by atoms with Gasteiger partial charge in [-0.3, -0.25) is 0 Å². The van der Waals surface area contributed by atoms with E-state index in [1.165, 1.54) is 25.0 Å². The van der Waals surface area contributed by atoms with Crippen LogP contribution in [0.5, 0.6) is 0 Å². The predicted octanol–water partition coefficient (Wildman–Crippen LogP) is 3.32. The van der Waals surface area contributed by atoms with Crippen LogP contribution in [0.1, 0.15) is 25.7 Å². The fraction of sp³-hybridized carbons (Fsp3) is 0.571. The smallest absolute Gasteiger partial charge is 0.125 e. The van der Waals surface area contributed by atoms with Gasteiger partial charge in [-0.05, 0) is 47.0 Å². The molecule has 0 amide bonds. The van der Waals surface area contributed by atoms with Crippen LogP contribution >= 0.6 is 15.9 Å². The highest BCUT2D eigenvalue weighted by Gasteiger charge is 2.16. The lowest BCUT2D eigenvalue weighted by atomic mass is 10.3. The van der Waals surface area contributed by atoms with Crippen LogP contribution in [0.3, 0.4) is 0 Å². The van der Waals surface area contributed by atoms with Gasteiger partial charge >= 0.3 is 0 Å². The average Bonchev–Trinajstić information content (AvgIpc) is 2.90. The number of aliphatic hydroxyl groups is 1. The highest BCUT2D eigenvalue weighted by Crippen LogP contribution is 2.23. The molecule has 1 saturated carbocycles. The van der Waals surface area contributed by atoms with Gasteiger partial charge < -0.3 is 15.2 Å². The molecule has 19 heavy (non-hydrogen) atoms. The Morgan fingerprint density at radius 1 is 1.42 bits per heavy atom. The molecule has 106 valence electrons. The first-order valence-corrected chi connectivity index (χ1v) is 7.43. The fourth-order valence-electron chi connectivity index (χ4n) is 2.22. The number of hydrogen-bond donors (Lipinski definition) is 2. The van der Waals surface area contributed by atoms with E-state index >= 15 is 0 Å². The third kappa shape index (κ3) is 4.75. The van der Waals surface area contributed by atoms with E-state index < -0.39 is 6.10 Å². The molecule has 2 N–H and O–H groups in total. The molecular weight excluding hydrogens is 313 g/mol. The van der Waals surface area contributed by atoms with E-state index in [4.69, 9.17) is 4.74 Å². The van der Waals surface area contributed by atoms with E-state index in [1.54, 1.807) is 6.07 Å². The molecule has 0 bridgehead atoms. The Kier molecular flexibility index (Phi) is 5.60. The number of anilines is 1. The zero-order chi connectivity index (χ0) is 13.7. The van der Waals surface area contributed by atoms with Gasteiger partial charge in [-0.25, -0.2) is 4.39 Å². The summed E-state index contributed by atoms with van der Waals surface area (Å²) in [5.41, 5.74) is 0.639. The van der Waals surface area contributed by atoms with Crippen LogP contribution in [0.15, 0.2) is 22.7 Å². The van der Waals surface area contributed by atoms with Gasteiger partial charge in [-0.2, -0.15) is 0 Å². The number of halogens is 2. The number of nitrogens with one attached hydrogen (secondary N) is 1. The molecule has 0 saturated heterocycles. The van der Waals surface area contributed by atoms with Crippen LogP contribution in [0.25, 0.3) is 0 Å². The Balaban J connectivity index is 1.73. The van der Waals surface area contributed by atoms with Crippen molar-refractivity contribution in [3.63, 3.8) is 0 Å². The Hall–Kier alpha value is -0.650. The molecular formula is C14H19BrFNO2. The van der Waals surface area contributed by atoms with Gasteiger partial charge in [0.05, 0.1) is 24.5 Å². The molecule has 1 atom stereocenters. The average molecular weight is 332 g/mol. The molecule has 3 nitrogen and oxygen atoms in total. The minimum atomic E-state index is -0.587. The van der Waals surface area contributed by atoms with Gasteiger partial charge in [0, 0.05) is 11.0 Å². The van der Waals surface area contributed by atoms with Gasteiger partial charge in [0.25, 0.3) is 0 Å². The number of aliphatic hydroxyl groups excluding tert-OH is 1. The number of benzene rings is 1. The second-order valence-corrected chi connectivity index (χ2v) is 5.75. The predicted molar refractivity (Wildman–Crippen MR) is 76.8 cm³/mol. The number of rotatable bonds is 6. The summed E-state index contributed by atoms with van der Waals surface area (Å²) in [6, 6.07) is 4.42. The second kappa shape index (κ2) is 7.22. The van der Waals surface area contributed by atoms with Crippen molar-refractivity contribution in [2.75, 3.05) is 18.5 Å². The summed E-state index contributed by atoms with van der Waals surface area (Å²) < 4.78 is 19.5. The largest absolute Gasteiger partial charge is 0.389 e. The highest BCUT2D eigenvalue weighted by molar-refractivity contribution is 9.10. The molecule has 0 radical (unpaired) electrons. The first-order chi connectivity index (χ1) is 9.15. The normalized spacial score (nSPS) is 17.6. The standard InChI is InChI=1S/C14H19BrFNO2/c15-13-6-5-10(16)7-14(13)17-8-11(18)9-19-12-3-1-2-4-12/h5-7,11-12,17-18H,1-4,8-9H2. The Morgan fingerprint density at radius 3 is 2.89 bits per heavy atom. The van der Waals surface area contributed by atoms with E-state index in [1.807, 2.05) is 0 Å². The van der Waals surface area contributed by atoms with Crippen LogP contribution in [-0.2, 0) is 4.74 Å². The Labute approximate surface area is 121 Å². The van der Waals surface area contributed by atoms with Crippen molar-refractivity contribution in [2.24, 2.45) is 0 Å². The van der Waals surface area contributed by atoms with Gasteiger partial charge in [0.15, 0.2) is 0 Å². The van der Waals surface area contributed by atoms with E-state index in [2.05, 4.69) is 21.2 Å². The molecule has 2 rings (SSSR count). The van der Waals surface area contributed by atoms with Crippen LogP contribution in [-0.4, -0.2) is 30.5 Å². The Morgan fingerprint density at radius 2 is 2.16 bits per heavy atom. The van der Waals surface area contributed by atoms with Crippen molar-refractivity contribution in [3.8, 4) is 0 Å². The lowest BCUT2D eigenvalue weighted by Crippen LogP contribution is -2.27. The topological polar surface area (TPSA) is 41.5 Å². The Bertz CT molecular complexity index is 410. The van der Waals surface area contributed by atoms with Crippen LogP contribution in [0.2, 0.25) is 0 Å². The van der Waals surface area contributed by atoms with Gasteiger partial charge in [-0.1, -0.05) is 12.8 Å². The molecule has 1 aliphatic rings. The van der Waals surface area contributed by atoms with E-state index in [9.17, 15) is 9.50 Å². The summed E-state index contributed by atoms with van der Waals surface area (Å²) in [7, 11) is 0. The van der Waals surface area contributed by atoms with Crippen molar-refractivity contribution < 1.29 is 14.2 Å². The molecule has 0 spiro atoms. The quantitative estimate of drug-likeness (QED) is 0.840. The van der Waals surface area contributed by atoms with Crippen LogP contribution in [0, 0.1) is 5.82 Å².